The molecule has 2 rings (SSSR count). The third-order valence-electron chi connectivity index (χ3n) is 2.75. The zero-order valence-electron chi connectivity index (χ0n) is 10.1. The van der Waals surface area contributed by atoms with Crippen molar-refractivity contribution < 1.29 is 9.90 Å². The Balaban J connectivity index is 2.19. The molecule has 0 aliphatic heterocycles. The summed E-state index contributed by atoms with van der Waals surface area (Å²) in [6, 6.07) is 10.1. The first-order valence-electron chi connectivity index (χ1n) is 5.76. The Morgan fingerprint density at radius 2 is 2.05 bits per heavy atom. The summed E-state index contributed by atoms with van der Waals surface area (Å²) in [6.45, 7) is 0. The maximum atomic E-state index is 10.7. The van der Waals surface area contributed by atoms with E-state index in [4.69, 9.17) is 22.4 Å². The first-order valence-corrected chi connectivity index (χ1v) is 6.14. The molecule has 1 atom stereocenters. The van der Waals surface area contributed by atoms with Gasteiger partial charge in [0.25, 0.3) is 0 Å². The molecule has 0 aliphatic rings. The van der Waals surface area contributed by atoms with Gasteiger partial charge in [0.05, 0.1) is 5.69 Å². The number of aliphatic carboxylic acids is 1. The Hall–Kier alpha value is -1.91. The minimum Gasteiger partial charge on any atom is -0.480 e. The zero-order valence-corrected chi connectivity index (χ0v) is 10.8. The molecule has 0 radical (unpaired) electrons. The van der Waals surface area contributed by atoms with E-state index in [1.165, 1.54) is 0 Å². The van der Waals surface area contributed by atoms with Crippen molar-refractivity contribution in [3.8, 4) is 11.3 Å². The van der Waals surface area contributed by atoms with E-state index in [9.17, 15) is 4.79 Å². The van der Waals surface area contributed by atoms with Crippen molar-refractivity contribution in [3.63, 3.8) is 0 Å². The highest BCUT2D eigenvalue weighted by Gasteiger charge is 2.12. The lowest BCUT2D eigenvalue weighted by molar-refractivity contribution is -0.138. The normalized spacial score (nSPS) is 12.1. The van der Waals surface area contributed by atoms with Crippen LogP contribution >= 0.6 is 11.6 Å². The monoisotopic (exact) mass is 276 g/mol. The van der Waals surface area contributed by atoms with E-state index in [1.807, 2.05) is 30.3 Å². The van der Waals surface area contributed by atoms with Crippen LogP contribution in [0.5, 0.6) is 0 Å². The number of halogens is 1. The van der Waals surface area contributed by atoms with Gasteiger partial charge in [0.1, 0.15) is 6.04 Å². The van der Waals surface area contributed by atoms with Gasteiger partial charge in [-0.25, -0.2) is 0 Å². The molecule has 0 aliphatic carbocycles. The first-order chi connectivity index (χ1) is 9.08. The van der Waals surface area contributed by atoms with Gasteiger partial charge in [-0.05, 0) is 24.1 Å². The third kappa shape index (κ3) is 3.30. The molecule has 0 unspecified atom stereocenters. The average molecular weight is 277 g/mol. The highest BCUT2D eigenvalue weighted by Crippen LogP contribution is 2.25. The lowest BCUT2D eigenvalue weighted by Gasteiger charge is -2.07. The summed E-state index contributed by atoms with van der Waals surface area (Å²) in [5, 5.41) is 9.38. The van der Waals surface area contributed by atoms with Crippen LogP contribution in [0.1, 0.15) is 5.56 Å². The van der Waals surface area contributed by atoms with Gasteiger partial charge in [-0.3, -0.25) is 9.78 Å². The topological polar surface area (TPSA) is 76.2 Å². The predicted molar refractivity (Wildman–Crippen MR) is 74.0 cm³/mol. The van der Waals surface area contributed by atoms with Gasteiger partial charge in [-0.15, -0.1) is 0 Å². The van der Waals surface area contributed by atoms with Gasteiger partial charge in [0, 0.05) is 16.8 Å². The second kappa shape index (κ2) is 5.82. The summed E-state index contributed by atoms with van der Waals surface area (Å²) >= 11 is 6.09. The molecule has 19 heavy (non-hydrogen) atoms. The Morgan fingerprint density at radius 3 is 2.63 bits per heavy atom. The number of carboxylic acid groups (broad SMARTS) is 1. The Bertz CT molecular complexity index is 584. The van der Waals surface area contributed by atoms with Crippen molar-refractivity contribution in [3.05, 3.63) is 53.2 Å². The number of benzene rings is 1. The fourth-order valence-electron chi connectivity index (χ4n) is 1.71. The largest absolute Gasteiger partial charge is 0.480 e. The second-order valence-electron chi connectivity index (χ2n) is 4.18. The molecule has 1 heterocycles. The quantitative estimate of drug-likeness (QED) is 0.899. The zero-order chi connectivity index (χ0) is 13.8. The minimum absolute atomic E-state index is 0.255. The minimum atomic E-state index is -1.02. The van der Waals surface area contributed by atoms with E-state index in [0.29, 0.717) is 5.02 Å². The van der Waals surface area contributed by atoms with Crippen LogP contribution in [-0.4, -0.2) is 22.1 Å². The molecule has 98 valence electrons. The van der Waals surface area contributed by atoms with Gasteiger partial charge in [0.2, 0.25) is 0 Å². The molecule has 5 heteroatoms. The third-order valence-corrected chi connectivity index (χ3v) is 3.08. The van der Waals surface area contributed by atoms with Crippen LogP contribution in [0.15, 0.2) is 42.6 Å². The maximum Gasteiger partial charge on any atom is 0.320 e. The average Bonchev–Trinajstić information content (AvgIpc) is 2.40. The number of nitrogens with zero attached hydrogens (tertiary/aromatic N) is 1. The molecule has 3 N–H and O–H groups in total. The molecule has 4 nitrogen and oxygen atoms in total. The molecule has 0 fully saturated rings. The van der Waals surface area contributed by atoms with Crippen LogP contribution in [0.25, 0.3) is 11.3 Å². The van der Waals surface area contributed by atoms with Crippen molar-refractivity contribution in [2.45, 2.75) is 12.5 Å². The number of pyridine rings is 1. The van der Waals surface area contributed by atoms with Crippen molar-refractivity contribution >= 4 is 17.6 Å². The summed E-state index contributed by atoms with van der Waals surface area (Å²) in [7, 11) is 0. The highest BCUT2D eigenvalue weighted by molar-refractivity contribution is 6.33. The predicted octanol–water partition coefficient (Wildman–Crippen LogP) is 2.36. The maximum absolute atomic E-state index is 10.7. The molecular weight excluding hydrogens is 264 g/mol. The van der Waals surface area contributed by atoms with Gasteiger partial charge in [0.15, 0.2) is 0 Å². The Kier molecular flexibility index (Phi) is 4.14. The molecule has 2 aromatic rings. The molecule has 0 amide bonds. The van der Waals surface area contributed by atoms with Crippen LogP contribution in [-0.2, 0) is 11.2 Å². The van der Waals surface area contributed by atoms with E-state index in [0.717, 1.165) is 16.8 Å². The highest BCUT2D eigenvalue weighted by atomic mass is 35.5. The molecule has 0 spiro atoms. The van der Waals surface area contributed by atoms with Crippen LogP contribution in [0, 0.1) is 0 Å². The van der Waals surface area contributed by atoms with E-state index in [2.05, 4.69) is 4.98 Å². The van der Waals surface area contributed by atoms with Crippen LogP contribution in [0.2, 0.25) is 5.02 Å². The Labute approximate surface area is 115 Å². The summed E-state index contributed by atoms with van der Waals surface area (Å²) in [5.74, 6) is -1.02. The molecular formula is C14H13ClN2O2. The standard InChI is InChI=1S/C14H13ClN2O2/c15-11-4-2-1-3-10(11)13-6-5-9(8-17-13)7-12(16)14(18)19/h1-6,8,12H,7,16H2,(H,18,19)/t12-/m0/s1. The van der Waals surface area contributed by atoms with Crippen molar-refractivity contribution in [1.82, 2.24) is 4.98 Å². The number of carbonyl (C=O) groups is 1. The number of hydrogen-bond donors (Lipinski definition) is 2. The van der Waals surface area contributed by atoms with Crippen LogP contribution < -0.4 is 5.73 Å². The second-order valence-corrected chi connectivity index (χ2v) is 4.59. The molecule has 0 saturated carbocycles. The number of rotatable bonds is 4. The van der Waals surface area contributed by atoms with Gasteiger partial charge in [-0.2, -0.15) is 0 Å². The molecule has 0 saturated heterocycles. The van der Waals surface area contributed by atoms with E-state index < -0.39 is 12.0 Å². The number of aromatic nitrogens is 1. The van der Waals surface area contributed by atoms with Gasteiger partial charge >= 0.3 is 5.97 Å². The molecule has 1 aromatic heterocycles. The molecule has 0 bridgehead atoms. The fourth-order valence-corrected chi connectivity index (χ4v) is 1.95. The summed E-state index contributed by atoms with van der Waals surface area (Å²) in [5.41, 5.74) is 7.85. The van der Waals surface area contributed by atoms with Gasteiger partial charge in [-0.1, -0.05) is 35.9 Å². The SMILES string of the molecule is N[C@@H](Cc1ccc(-c2ccccc2Cl)nc1)C(=O)O. The lowest BCUT2D eigenvalue weighted by Crippen LogP contribution is -2.32. The molecule has 1 aromatic carbocycles. The smallest absolute Gasteiger partial charge is 0.320 e. The first kappa shape index (κ1) is 13.5. The fraction of sp³-hybridized carbons (Fsp3) is 0.143. The number of carboxylic acids is 1. The lowest BCUT2D eigenvalue weighted by atomic mass is 10.1. The van der Waals surface area contributed by atoms with Crippen LogP contribution in [0.3, 0.4) is 0 Å². The van der Waals surface area contributed by atoms with Crippen molar-refractivity contribution in [2.24, 2.45) is 5.73 Å². The van der Waals surface area contributed by atoms with Crippen molar-refractivity contribution in [1.29, 1.82) is 0 Å². The number of nitrogens with two attached hydrogens (primary N) is 1. The van der Waals surface area contributed by atoms with Crippen molar-refractivity contribution in [2.75, 3.05) is 0 Å². The van der Waals surface area contributed by atoms with E-state index in [1.54, 1.807) is 12.3 Å². The summed E-state index contributed by atoms with van der Waals surface area (Å²) in [6.07, 6.45) is 1.88. The summed E-state index contributed by atoms with van der Waals surface area (Å²) < 4.78 is 0. The van der Waals surface area contributed by atoms with Gasteiger partial charge < -0.3 is 10.8 Å². The van der Waals surface area contributed by atoms with E-state index >= 15 is 0 Å². The Morgan fingerprint density at radius 1 is 1.32 bits per heavy atom. The van der Waals surface area contributed by atoms with E-state index in [-0.39, 0.29) is 6.42 Å². The number of hydrogen-bond acceptors (Lipinski definition) is 3. The summed E-state index contributed by atoms with van der Waals surface area (Å²) in [4.78, 5) is 15.0. The van der Waals surface area contributed by atoms with Crippen LogP contribution in [0.4, 0.5) is 0 Å².